The summed E-state index contributed by atoms with van der Waals surface area (Å²) >= 11 is 8.35. The van der Waals surface area contributed by atoms with Crippen LogP contribution in [0, 0.1) is 12.7 Å². The molecule has 0 radical (unpaired) electrons. The summed E-state index contributed by atoms with van der Waals surface area (Å²) in [5.41, 5.74) is 3.64. The number of hydrogen-bond acceptors (Lipinski definition) is 7. The Labute approximate surface area is 198 Å². The number of hydrogen-bond donors (Lipinski definition) is 0. The lowest BCUT2D eigenvalue weighted by Gasteiger charge is -2.28. The number of nitrogens with zero attached hydrogens (tertiary/aromatic N) is 6. The first-order valence-electron chi connectivity index (χ1n) is 9.59. The molecule has 1 aromatic carbocycles. The van der Waals surface area contributed by atoms with E-state index in [9.17, 15) is 4.39 Å². The molecule has 160 valence electrons. The lowest BCUT2D eigenvalue weighted by molar-refractivity contribution is 0.122. The Hall–Kier alpha value is -2.37. The van der Waals surface area contributed by atoms with Crippen molar-refractivity contribution in [3.05, 3.63) is 64.8 Å². The maximum atomic E-state index is 14.3. The quantitative estimate of drug-likeness (QED) is 0.198. The molecule has 0 saturated carbocycles. The molecule has 1 aliphatic rings. The zero-order valence-corrected chi connectivity index (χ0v) is 19.6. The van der Waals surface area contributed by atoms with Crippen LogP contribution < -0.4 is 8.12 Å². The van der Waals surface area contributed by atoms with Crippen molar-refractivity contribution in [1.82, 2.24) is 15.0 Å². The molecule has 1 aliphatic heterocycles. The highest BCUT2D eigenvalue weighted by Crippen LogP contribution is 2.31. The van der Waals surface area contributed by atoms with Crippen LogP contribution in [0.2, 0.25) is 5.02 Å². The van der Waals surface area contributed by atoms with Crippen LogP contribution in [0.1, 0.15) is 11.3 Å². The van der Waals surface area contributed by atoms with E-state index in [-0.39, 0.29) is 11.8 Å². The predicted molar refractivity (Wildman–Crippen MR) is 129 cm³/mol. The molecule has 0 spiro atoms. The fraction of sp³-hybridized carbons (Fsp3) is 0.238. The number of ether oxygens (including phenoxy) is 1. The SMILES string of the molecule is Cc1cccc(Cl)c1-c1ccnc(/C=N\N(I)c2ncc(F)c(N3CCOCC3)n2)c1. The molecule has 0 aliphatic carbocycles. The van der Waals surface area contributed by atoms with Crippen molar-refractivity contribution in [2.75, 3.05) is 34.4 Å². The largest absolute Gasteiger partial charge is 0.378 e. The number of morpholine rings is 1. The van der Waals surface area contributed by atoms with Gasteiger partial charge in [-0.1, -0.05) is 23.7 Å². The minimum Gasteiger partial charge on any atom is -0.378 e. The summed E-state index contributed by atoms with van der Waals surface area (Å²) in [7, 11) is 0. The second kappa shape index (κ2) is 9.84. The van der Waals surface area contributed by atoms with Crippen molar-refractivity contribution in [2.24, 2.45) is 5.10 Å². The molecule has 10 heteroatoms. The lowest BCUT2D eigenvalue weighted by Crippen LogP contribution is -2.37. The third kappa shape index (κ3) is 5.10. The molecular weight excluding hydrogens is 534 g/mol. The molecule has 2 aromatic heterocycles. The zero-order chi connectivity index (χ0) is 21.8. The molecule has 3 aromatic rings. The topological polar surface area (TPSA) is 66.7 Å². The molecule has 4 rings (SSSR count). The Morgan fingerprint density at radius 3 is 2.84 bits per heavy atom. The molecule has 0 unspecified atom stereocenters. The van der Waals surface area contributed by atoms with Crippen molar-refractivity contribution in [2.45, 2.75) is 6.92 Å². The summed E-state index contributed by atoms with van der Waals surface area (Å²) in [5.74, 6) is 0.0567. The summed E-state index contributed by atoms with van der Waals surface area (Å²) in [6.07, 6.45) is 4.47. The van der Waals surface area contributed by atoms with Crippen molar-refractivity contribution in [3.8, 4) is 11.1 Å². The number of benzene rings is 1. The fourth-order valence-corrected chi connectivity index (χ4v) is 3.96. The van der Waals surface area contributed by atoms with Gasteiger partial charge in [-0.15, -0.1) is 0 Å². The van der Waals surface area contributed by atoms with E-state index in [1.54, 1.807) is 12.4 Å². The number of halogens is 3. The van der Waals surface area contributed by atoms with Crippen LogP contribution in [0.15, 0.2) is 47.8 Å². The standard InChI is InChI=1S/C21H19ClFIN6O/c1-14-3-2-4-17(22)19(14)15-5-6-25-16(11-15)12-27-30(24)21-26-13-18(23)20(28-21)29-7-9-31-10-8-29/h2-6,11-13H,7-10H2,1H3/b27-12-. The summed E-state index contributed by atoms with van der Waals surface area (Å²) in [6, 6.07) is 9.62. The highest BCUT2D eigenvalue weighted by atomic mass is 127. The summed E-state index contributed by atoms with van der Waals surface area (Å²) in [5, 5.41) is 5.05. The summed E-state index contributed by atoms with van der Waals surface area (Å²) in [4.78, 5) is 14.6. The van der Waals surface area contributed by atoms with Gasteiger partial charge in [0.15, 0.2) is 11.6 Å². The van der Waals surface area contributed by atoms with Crippen LogP contribution in [-0.2, 0) is 4.74 Å². The van der Waals surface area contributed by atoms with Crippen molar-refractivity contribution in [3.63, 3.8) is 0 Å². The van der Waals surface area contributed by atoms with Gasteiger partial charge in [-0.3, -0.25) is 4.98 Å². The molecule has 0 amide bonds. The molecule has 3 heterocycles. The average Bonchev–Trinajstić information content (AvgIpc) is 2.78. The van der Waals surface area contributed by atoms with Crippen LogP contribution in [0.3, 0.4) is 0 Å². The minimum atomic E-state index is -0.469. The van der Waals surface area contributed by atoms with E-state index in [1.807, 2.05) is 65.0 Å². The van der Waals surface area contributed by atoms with Gasteiger partial charge >= 0.3 is 0 Å². The molecule has 0 N–H and O–H groups in total. The third-order valence-corrected chi connectivity index (χ3v) is 5.77. The van der Waals surface area contributed by atoms with Gasteiger partial charge in [0.25, 0.3) is 5.95 Å². The molecule has 31 heavy (non-hydrogen) atoms. The van der Waals surface area contributed by atoms with E-state index in [0.29, 0.717) is 37.0 Å². The van der Waals surface area contributed by atoms with Crippen molar-refractivity contribution < 1.29 is 9.13 Å². The number of anilines is 2. The van der Waals surface area contributed by atoms with Crippen LogP contribution in [0.25, 0.3) is 11.1 Å². The van der Waals surface area contributed by atoms with E-state index in [4.69, 9.17) is 16.3 Å². The minimum absolute atomic E-state index is 0.250. The van der Waals surface area contributed by atoms with Gasteiger partial charge in [0.05, 0.1) is 54.2 Å². The highest BCUT2D eigenvalue weighted by molar-refractivity contribution is 14.1. The van der Waals surface area contributed by atoms with Gasteiger partial charge in [-0.05, 0) is 36.2 Å². The van der Waals surface area contributed by atoms with E-state index < -0.39 is 5.82 Å². The van der Waals surface area contributed by atoms with Gasteiger partial charge < -0.3 is 9.64 Å². The van der Waals surface area contributed by atoms with Gasteiger partial charge in [0.1, 0.15) is 0 Å². The lowest BCUT2D eigenvalue weighted by atomic mass is 10.0. The van der Waals surface area contributed by atoms with E-state index in [1.165, 1.54) is 3.22 Å². The second-order valence-corrected chi connectivity index (χ2v) is 8.17. The Kier molecular flexibility index (Phi) is 6.93. The Bertz CT molecular complexity index is 1090. The van der Waals surface area contributed by atoms with Crippen LogP contribution >= 0.6 is 34.5 Å². The first kappa shape index (κ1) is 21.8. The zero-order valence-electron chi connectivity index (χ0n) is 16.7. The fourth-order valence-electron chi connectivity index (χ4n) is 3.27. The van der Waals surface area contributed by atoms with Gasteiger partial charge in [0, 0.05) is 29.9 Å². The molecule has 7 nitrogen and oxygen atoms in total. The van der Waals surface area contributed by atoms with Crippen LogP contribution in [-0.4, -0.2) is 47.5 Å². The Balaban J connectivity index is 1.55. The maximum absolute atomic E-state index is 14.3. The average molecular weight is 553 g/mol. The monoisotopic (exact) mass is 552 g/mol. The van der Waals surface area contributed by atoms with Gasteiger partial charge in [-0.2, -0.15) is 13.3 Å². The molecular formula is C21H19ClFIN6O. The van der Waals surface area contributed by atoms with Crippen molar-refractivity contribution >= 4 is 52.4 Å². The third-order valence-electron chi connectivity index (χ3n) is 4.77. The normalized spacial score (nSPS) is 14.3. The molecule has 0 atom stereocenters. The summed E-state index contributed by atoms with van der Waals surface area (Å²) < 4.78 is 21.0. The first-order chi connectivity index (χ1) is 15.0. The summed E-state index contributed by atoms with van der Waals surface area (Å²) in [6.45, 7) is 4.25. The Morgan fingerprint density at radius 1 is 1.26 bits per heavy atom. The highest BCUT2D eigenvalue weighted by Gasteiger charge is 2.19. The number of aromatic nitrogens is 3. The number of rotatable bonds is 5. The molecule has 1 fully saturated rings. The smallest absolute Gasteiger partial charge is 0.257 e. The Morgan fingerprint density at radius 2 is 2.06 bits per heavy atom. The number of aryl methyl sites for hydroxylation is 1. The predicted octanol–water partition coefficient (Wildman–Crippen LogP) is 4.67. The van der Waals surface area contributed by atoms with E-state index in [2.05, 4.69) is 20.1 Å². The maximum Gasteiger partial charge on any atom is 0.257 e. The number of hydrazone groups is 1. The van der Waals surface area contributed by atoms with Crippen LogP contribution in [0.4, 0.5) is 16.2 Å². The van der Waals surface area contributed by atoms with Gasteiger partial charge in [0.2, 0.25) is 0 Å². The number of pyridine rings is 1. The second-order valence-electron chi connectivity index (χ2n) is 6.85. The van der Waals surface area contributed by atoms with Crippen molar-refractivity contribution in [1.29, 1.82) is 0 Å². The van der Waals surface area contributed by atoms with Gasteiger partial charge in [-0.25, -0.2) is 9.37 Å². The van der Waals surface area contributed by atoms with E-state index in [0.717, 1.165) is 22.9 Å². The first-order valence-corrected chi connectivity index (χ1v) is 10.9. The van der Waals surface area contributed by atoms with E-state index >= 15 is 0 Å². The van der Waals surface area contributed by atoms with Crippen LogP contribution in [0.5, 0.6) is 0 Å². The molecule has 1 saturated heterocycles. The molecule has 0 bridgehead atoms.